The second kappa shape index (κ2) is 8.99. The van der Waals surface area contributed by atoms with Crippen LogP contribution in [0, 0.1) is 0 Å². The summed E-state index contributed by atoms with van der Waals surface area (Å²) in [7, 11) is -3.33. The Kier molecular flexibility index (Phi) is 6.30. The number of carbonyl (C=O) groups is 2. The van der Waals surface area contributed by atoms with E-state index in [9.17, 15) is 18.0 Å². The van der Waals surface area contributed by atoms with Crippen molar-refractivity contribution in [3.05, 3.63) is 59.1 Å². The number of benzene rings is 2. The number of nitrogens with zero attached hydrogens (tertiary/aromatic N) is 2. The molecule has 2 aromatic carbocycles. The third kappa shape index (κ3) is 4.54. The lowest BCUT2D eigenvalue weighted by Gasteiger charge is -2.22. The van der Waals surface area contributed by atoms with Crippen LogP contribution in [0.15, 0.2) is 48.5 Å². The van der Waals surface area contributed by atoms with Crippen LogP contribution in [0.25, 0.3) is 0 Å². The zero-order valence-electron chi connectivity index (χ0n) is 17.5. The van der Waals surface area contributed by atoms with Crippen LogP contribution in [0.2, 0.25) is 5.02 Å². The SMILES string of the molecule is CCOc1ccc(N2C(=O)N(CC(=O)NCc3ccccc3Cl)[C@@H]3CS(=O)(=O)C[C@H]32)cc1. The first kappa shape index (κ1) is 22.4. The second-order valence-corrected chi connectivity index (χ2v) is 10.3. The molecule has 0 aromatic heterocycles. The summed E-state index contributed by atoms with van der Waals surface area (Å²) in [6.07, 6.45) is 0. The van der Waals surface area contributed by atoms with E-state index < -0.39 is 21.9 Å². The van der Waals surface area contributed by atoms with E-state index in [2.05, 4.69) is 5.32 Å². The van der Waals surface area contributed by atoms with Crippen molar-refractivity contribution in [2.24, 2.45) is 0 Å². The zero-order chi connectivity index (χ0) is 22.9. The van der Waals surface area contributed by atoms with Gasteiger partial charge in [0.25, 0.3) is 0 Å². The molecular formula is C22H24ClN3O5S. The normalized spacial score (nSPS) is 21.5. The highest BCUT2D eigenvalue weighted by molar-refractivity contribution is 7.91. The number of hydrogen-bond acceptors (Lipinski definition) is 5. The van der Waals surface area contributed by atoms with Gasteiger partial charge in [-0.05, 0) is 42.8 Å². The quantitative estimate of drug-likeness (QED) is 0.618. The minimum Gasteiger partial charge on any atom is -0.494 e. The maximum Gasteiger partial charge on any atom is 0.325 e. The van der Waals surface area contributed by atoms with Crippen molar-refractivity contribution in [1.82, 2.24) is 10.2 Å². The topological polar surface area (TPSA) is 96.0 Å². The Balaban J connectivity index is 1.51. The van der Waals surface area contributed by atoms with Gasteiger partial charge in [-0.15, -0.1) is 0 Å². The van der Waals surface area contributed by atoms with Gasteiger partial charge in [0.15, 0.2) is 9.84 Å². The molecule has 3 amide bonds. The van der Waals surface area contributed by atoms with E-state index in [1.54, 1.807) is 42.5 Å². The van der Waals surface area contributed by atoms with Crippen molar-refractivity contribution >= 4 is 39.1 Å². The molecule has 0 spiro atoms. The highest BCUT2D eigenvalue weighted by Crippen LogP contribution is 2.35. The van der Waals surface area contributed by atoms with Gasteiger partial charge in [0, 0.05) is 17.3 Å². The highest BCUT2D eigenvalue weighted by atomic mass is 35.5. The van der Waals surface area contributed by atoms with Crippen LogP contribution in [-0.4, -0.2) is 62.0 Å². The maximum absolute atomic E-state index is 13.2. The summed E-state index contributed by atoms with van der Waals surface area (Å²) in [5.74, 6) is -0.00697. The largest absolute Gasteiger partial charge is 0.494 e. The molecule has 170 valence electrons. The summed E-state index contributed by atoms with van der Waals surface area (Å²) < 4.78 is 30.1. The molecule has 0 saturated carbocycles. The fourth-order valence-electron chi connectivity index (χ4n) is 4.18. The average molecular weight is 478 g/mol. The smallest absolute Gasteiger partial charge is 0.325 e. The maximum atomic E-state index is 13.2. The van der Waals surface area contributed by atoms with Crippen LogP contribution in [0.4, 0.5) is 10.5 Å². The predicted octanol–water partition coefficient (Wildman–Crippen LogP) is 2.46. The summed E-state index contributed by atoms with van der Waals surface area (Å²) in [4.78, 5) is 28.7. The van der Waals surface area contributed by atoms with Crippen molar-refractivity contribution < 1.29 is 22.7 Å². The van der Waals surface area contributed by atoms with Gasteiger partial charge in [-0.25, -0.2) is 13.2 Å². The van der Waals surface area contributed by atoms with E-state index >= 15 is 0 Å². The van der Waals surface area contributed by atoms with Gasteiger partial charge in [0.05, 0.1) is 30.2 Å². The van der Waals surface area contributed by atoms with Gasteiger partial charge in [-0.1, -0.05) is 29.8 Å². The lowest BCUT2D eigenvalue weighted by atomic mass is 10.1. The van der Waals surface area contributed by atoms with Crippen molar-refractivity contribution in [2.75, 3.05) is 29.6 Å². The average Bonchev–Trinajstić information content (AvgIpc) is 3.18. The number of sulfone groups is 1. The summed E-state index contributed by atoms with van der Waals surface area (Å²) in [6, 6.07) is 12.6. The summed E-state index contributed by atoms with van der Waals surface area (Å²) in [6.45, 7) is 2.38. The van der Waals surface area contributed by atoms with Crippen molar-refractivity contribution in [2.45, 2.75) is 25.6 Å². The van der Waals surface area contributed by atoms with Crippen LogP contribution >= 0.6 is 11.6 Å². The fourth-order valence-corrected chi connectivity index (χ4v) is 6.33. The van der Waals surface area contributed by atoms with E-state index in [-0.39, 0.29) is 36.5 Å². The molecule has 8 nitrogen and oxygen atoms in total. The van der Waals surface area contributed by atoms with Crippen LogP contribution < -0.4 is 15.0 Å². The Bertz CT molecular complexity index is 1120. The molecule has 2 aliphatic heterocycles. The first-order valence-corrected chi connectivity index (χ1v) is 12.5. The number of hydrogen-bond donors (Lipinski definition) is 1. The van der Waals surface area contributed by atoms with E-state index in [4.69, 9.17) is 16.3 Å². The summed E-state index contributed by atoms with van der Waals surface area (Å²) in [5, 5.41) is 3.30. The van der Waals surface area contributed by atoms with Crippen LogP contribution in [-0.2, 0) is 21.2 Å². The van der Waals surface area contributed by atoms with Crippen molar-refractivity contribution in [3.63, 3.8) is 0 Å². The van der Waals surface area contributed by atoms with E-state index in [0.717, 1.165) is 5.56 Å². The molecular weight excluding hydrogens is 454 g/mol. The number of rotatable bonds is 7. The van der Waals surface area contributed by atoms with Gasteiger partial charge >= 0.3 is 6.03 Å². The lowest BCUT2D eigenvalue weighted by molar-refractivity contribution is -0.122. The molecule has 4 rings (SSSR count). The van der Waals surface area contributed by atoms with Gasteiger partial charge < -0.3 is 15.0 Å². The molecule has 0 aliphatic carbocycles. The molecule has 2 atom stereocenters. The third-order valence-corrected chi connectivity index (χ3v) is 7.72. The lowest BCUT2D eigenvalue weighted by Crippen LogP contribution is -2.44. The van der Waals surface area contributed by atoms with Gasteiger partial charge in [-0.2, -0.15) is 0 Å². The predicted molar refractivity (Wildman–Crippen MR) is 122 cm³/mol. The number of amides is 3. The molecule has 0 unspecified atom stereocenters. The van der Waals surface area contributed by atoms with E-state index in [1.807, 2.05) is 13.0 Å². The Morgan fingerprint density at radius 2 is 1.81 bits per heavy atom. The number of urea groups is 1. The number of halogens is 1. The van der Waals surface area contributed by atoms with Gasteiger partial charge in [-0.3, -0.25) is 9.69 Å². The fraction of sp³-hybridized carbons (Fsp3) is 0.364. The Hall–Kier alpha value is -2.78. The van der Waals surface area contributed by atoms with Crippen molar-refractivity contribution in [3.8, 4) is 5.75 Å². The third-order valence-electron chi connectivity index (χ3n) is 5.65. The molecule has 2 aliphatic rings. The Labute approximate surface area is 192 Å². The number of nitrogens with one attached hydrogen (secondary N) is 1. The molecule has 10 heteroatoms. The number of fused-ring (bicyclic) bond motifs is 1. The number of anilines is 1. The zero-order valence-corrected chi connectivity index (χ0v) is 19.1. The van der Waals surface area contributed by atoms with E-state index in [0.29, 0.717) is 23.1 Å². The highest BCUT2D eigenvalue weighted by Gasteiger charge is 2.54. The number of ether oxygens (including phenoxy) is 1. The van der Waals surface area contributed by atoms with Gasteiger partial charge in [0.2, 0.25) is 5.91 Å². The first-order chi connectivity index (χ1) is 15.3. The first-order valence-electron chi connectivity index (χ1n) is 10.3. The minimum absolute atomic E-state index is 0.131. The molecule has 0 radical (unpaired) electrons. The summed E-state index contributed by atoms with van der Waals surface area (Å²) in [5.41, 5.74) is 1.33. The van der Waals surface area contributed by atoms with Crippen LogP contribution in [0.1, 0.15) is 12.5 Å². The summed E-state index contributed by atoms with van der Waals surface area (Å²) >= 11 is 6.13. The molecule has 32 heavy (non-hydrogen) atoms. The standard InChI is InChI=1S/C22H24ClN3O5S/c1-2-31-17-9-7-16(8-10-17)26-20-14-32(29,30)13-19(20)25(22(26)28)12-21(27)24-11-15-5-3-4-6-18(15)23/h3-10,19-20H,2,11-14H2,1H3,(H,24,27)/t19-,20-/m1/s1. The Morgan fingerprint density at radius 3 is 2.50 bits per heavy atom. The number of carbonyl (C=O) groups excluding carboxylic acids is 2. The molecule has 2 aromatic rings. The molecule has 2 fully saturated rings. The Morgan fingerprint density at radius 1 is 1.12 bits per heavy atom. The van der Waals surface area contributed by atoms with Crippen molar-refractivity contribution in [1.29, 1.82) is 0 Å². The molecule has 1 N–H and O–H groups in total. The second-order valence-electron chi connectivity index (χ2n) is 7.79. The van der Waals surface area contributed by atoms with E-state index in [1.165, 1.54) is 9.80 Å². The molecule has 0 bridgehead atoms. The monoisotopic (exact) mass is 477 g/mol. The minimum atomic E-state index is -3.33. The van der Waals surface area contributed by atoms with Gasteiger partial charge in [0.1, 0.15) is 12.3 Å². The molecule has 2 heterocycles. The van der Waals surface area contributed by atoms with Crippen LogP contribution in [0.3, 0.4) is 0 Å². The van der Waals surface area contributed by atoms with Crippen LogP contribution in [0.5, 0.6) is 5.75 Å². The molecule has 2 saturated heterocycles.